The largest absolute Gasteiger partial charge is 0.356 e. The molecule has 0 saturated carbocycles. The van der Waals surface area contributed by atoms with Crippen LogP contribution in [0, 0.1) is 0 Å². The van der Waals surface area contributed by atoms with Crippen LogP contribution in [0.1, 0.15) is 34.6 Å². The van der Waals surface area contributed by atoms with Crippen LogP contribution in [0.25, 0.3) is 0 Å². The van der Waals surface area contributed by atoms with Crippen LogP contribution in [0.3, 0.4) is 0 Å². The molecule has 2 heterocycles. The first-order valence-electron chi connectivity index (χ1n) is 8.79. The summed E-state index contributed by atoms with van der Waals surface area (Å²) in [6.07, 6.45) is 3.39. The summed E-state index contributed by atoms with van der Waals surface area (Å²) in [5.74, 6) is -0.644. The molecule has 26 heavy (non-hydrogen) atoms. The lowest BCUT2D eigenvalue weighted by Crippen LogP contribution is -2.39. The van der Waals surface area contributed by atoms with Gasteiger partial charge in [0, 0.05) is 26.6 Å². The van der Waals surface area contributed by atoms with E-state index in [2.05, 4.69) is 42.6 Å². The highest BCUT2D eigenvalue weighted by Gasteiger charge is 2.39. The molecule has 0 aromatic carbocycles. The molecule has 2 amide bonds. The van der Waals surface area contributed by atoms with Gasteiger partial charge in [-0.15, -0.1) is 0 Å². The van der Waals surface area contributed by atoms with E-state index in [1.807, 2.05) is 6.08 Å². The third kappa shape index (κ3) is 3.41. The van der Waals surface area contributed by atoms with E-state index in [0.717, 1.165) is 25.5 Å². The van der Waals surface area contributed by atoms with Crippen LogP contribution < -0.4 is 5.73 Å². The second-order valence-electron chi connectivity index (χ2n) is 6.89. The van der Waals surface area contributed by atoms with Crippen molar-refractivity contribution >= 4 is 23.3 Å². The highest BCUT2D eigenvalue weighted by atomic mass is 16.2. The first-order valence-corrected chi connectivity index (χ1v) is 8.79. The Hall–Kier alpha value is -2.48. The Morgan fingerprint density at radius 2 is 1.88 bits per heavy atom. The van der Waals surface area contributed by atoms with Crippen LogP contribution in [-0.2, 0) is 14.4 Å². The first-order chi connectivity index (χ1) is 12.2. The van der Waals surface area contributed by atoms with Gasteiger partial charge in [0.25, 0.3) is 5.91 Å². The Bertz CT molecular complexity index is 720. The van der Waals surface area contributed by atoms with Crippen LogP contribution in [0.4, 0.5) is 0 Å². The number of carbonyl (C=O) groups is 3. The van der Waals surface area contributed by atoms with Gasteiger partial charge >= 0.3 is 0 Å². The molecule has 0 aromatic heterocycles. The number of hydrogen-bond acceptors (Lipinski definition) is 7. The van der Waals surface area contributed by atoms with E-state index in [9.17, 15) is 14.4 Å². The molecule has 2 aliphatic heterocycles. The molecule has 142 valence electrons. The zero-order chi connectivity index (χ0) is 19.6. The second kappa shape index (κ2) is 7.41. The number of nitrogens with zero attached hydrogens (tertiary/aromatic N) is 4. The minimum atomic E-state index is -0.602. The summed E-state index contributed by atoms with van der Waals surface area (Å²) in [7, 11) is 0. The third-order valence-corrected chi connectivity index (χ3v) is 4.63. The second-order valence-corrected chi connectivity index (χ2v) is 6.89. The summed E-state index contributed by atoms with van der Waals surface area (Å²) in [6, 6.07) is 0. The number of hydrogen-bond donors (Lipinski definition) is 1. The lowest BCUT2D eigenvalue weighted by molar-refractivity contribution is -0.140. The van der Waals surface area contributed by atoms with Crippen molar-refractivity contribution in [2.24, 2.45) is 10.8 Å². The summed E-state index contributed by atoms with van der Waals surface area (Å²) in [6.45, 7) is 11.9. The number of Topliss-reactive ketones (excluding diaryl/α,β-unsaturated/α-hetero) is 1. The summed E-state index contributed by atoms with van der Waals surface area (Å²) in [4.78, 5) is 40.6. The SMILES string of the molecule is CCN1CC(C)(C)N(CC)/C1=C/C=C1/C(=O)N(C(C)=O)N=C1C(=O)CN. The van der Waals surface area contributed by atoms with Gasteiger partial charge in [-0.25, -0.2) is 0 Å². The average Bonchev–Trinajstić information content (AvgIpc) is 3.05. The Morgan fingerprint density at radius 3 is 2.38 bits per heavy atom. The number of hydrazone groups is 1. The number of allylic oxidation sites excluding steroid dienone is 2. The predicted octanol–water partition coefficient (Wildman–Crippen LogP) is 0.463. The summed E-state index contributed by atoms with van der Waals surface area (Å²) >= 11 is 0. The van der Waals surface area contributed by atoms with Crippen LogP contribution in [0.5, 0.6) is 0 Å². The van der Waals surface area contributed by atoms with E-state index in [1.54, 1.807) is 6.08 Å². The Balaban J connectivity index is 2.47. The van der Waals surface area contributed by atoms with Crippen molar-refractivity contribution in [3.05, 3.63) is 23.5 Å². The molecular formula is C18H27N5O3. The standard InChI is InChI=1S/C18H27N5O3/c1-6-21-11-18(4,5)22(7-2)15(21)9-8-13-16(14(25)10-19)20-23(12(3)24)17(13)26/h8-9H,6-7,10-11,19H2,1-5H3/b13-8+,15-9+. The van der Waals surface area contributed by atoms with Crippen LogP contribution in [0.15, 0.2) is 28.6 Å². The molecule has 2 rings (SSSR count). The van der Waals surface area contributed by atoms with E-state index in [4.69, 9.17) is 5.73 Å². The molecule has 0 radical (unpaired) electrons. The zero-order valence-corrected chi connectivity index (χ0v) is 16.1. The van der Waals surface area contributed by atoms with E-state index >= 15 is 0 Å². The Labute approximate surface area is 154 Å². The topological polar surface area (TPSA) is 99.3 Å². The van der Waals surface area contributed by atoms with E-state index in [1.165, 1.54) is 6.92 Å². The Kier molecular flexibility index (Phi) is 5.65. The predicted molar refractivity (Wildman–Crippen MR) is 98.9 cm³/mol. The minimum absolute atomic E-state index is 0.0375. The van der Waals surface area contributed by atoms with Crippen molar-refractivity contribution in [1.29, 1.82) is 0 Å². The van der Waals surface area contributed by atoms with Gasteiger partial charge in [-0.1, -0.05) is 0 Å². The summed E-state index contributed by atoms with van der Waals surface area (Å²) in [5.41, 5.74) is 5.42. The van der Waals surface area contributed by atoms with Gasteiger partial charge in [0.05, 0.1) is 17.7 Å². The Morgan fingerprint density at radius 1 is 1.23 bits per heavy atom. The van der Waals surface area contributed by atoms with Gasteiger partial charge in [-0.2, -0.15) is 10.1 Å². The summed E-state index contributed by atoms with van der Waals surface area (Å²) < 4.78 is 0. The molecule has 0 bridgehead atoms. The van der Waals surface area contributed by atoms with Gasteiger partial charge < -0.3 is 15.5 Å². The lowest BCUT2D eigenvalue weighted by Gasteiger charge is -2.31. The fourth-order valence-electron chi connectivity index (χ4n) is 3.41. The normalized spacial score (nSPS) is 22.6. The molecule has 0 unspecified atom stereocenters. The monoisotopic (exact) mass is 361 g/mol. The van der Waals surface area contributed by atoms with Crippen molar-refractivity contribution in [3.8, 4) is 0 Å². The van der Waals surface area contributed by atoms with Crippen molar-refractivity contribution in [2.45, 2.75) is 40.2 Å². The number of amides is 2. The molecular weight excluding hydrogens is 334 g/mol. The minimum Gasteiger partial charge on any atom is -0.356 e. The quantitative estimate of drug-likeness (QED) is 0.715. The average molecular weight is 361 g/mol. The molecule has 2 aliphatic rings. The number of ketones is 1. The number of imide groups is 1. The molecule has 1 saturated heterocycles. The smallest absolute Gasteiger partial charge is 0.283 e. The van der Waals surface area contributed by atoms with Crippen molar-refractivity contribution < 1.29 is 14.4 Å². The van der Waals surface area contributed by atoms with Gasteiger partial charge in [0.15, 0.2) is 5.78 Å². The number of likely N-dealkylation sites (N-methyl/N-ethyl adjacent to an activating group) is 2. The van der Waals surface area contributed by atoms with Crippen molar-refractivity contribution in [3.63, 3.8) is 0 Å². The maximum absolute atomic E-state index is 12.5. The molecule has 1 fully saturated rings. The summed E-state index contributed by atoms with van der Waals surface area (Å²) in [5, 5.41) is 4.58. The maximum atomic E-state index is 12.5. The van der Waals surface area contributed by atoms with Gasteiger partial charge in [0.2, 0.25) is 5.91 Å². The number of nitrogens with two attached hydrogens (primary N) is 1. The highest BCUT2D eigenvalue weighted by Crippen LogP contribution is 2.32. The molecule has 8 nitrogen and oxygen atoms in total. The fourth-order valence-corrected chi connectivity index (χ4v) is 3.41. The van der Waals surface area contributed by atoms with E-state index in [0.29, 0.717) is 5.01 Å². The molecule has 8 heteroatoms. The molecule has 0 aromatic rings. The molecule has 2 N–H and O–H groups in total. The highest BCUT2D eigenvalue weighted by molar-refractivity contribution is 6.54. The van der Waals surface area contributed by atoms with Crippen LogP contribution >= 0.6 is 0 Å². The van der Waals surface area contributed by atoms with Gasteiger partial charge in [-0.3, -0.25) is 14.4 Å². The molecule has 0 spiro atoms. The van der Waals surface area contributed by atoms with Crippen LogP contribution in [-0.4, -0.2) is 69.8 Å². The van der Waals surface area contributed by atoms with Gasteiger partial charge in [-0.05, 0) is 39.8 Å². The number of rotatable bonds is 5. The molecule has 0 aliphatic carbocycles. The van der Waals surface area contributed by atoms with E-state index in [-0.39, 0.29) is 23.4 Å². The maximum Gasteiger partial charge on any atom is 0.283 e. The van der Waals surface area contributed by atoms with E-state index < -0.39 is 17.6 Å². The van der Waals surface area contributed by atoms with Crippen molar-refractivity contribution in [1.82, 2.24) is 14.8 Å². The number of carbonyl (C=O) groups excluding carboxylic acids is 3. The zero-order valence-electron chi connectivity index (χ0n) is 16.1. The van der Waals surface area contributed by atoms with Crippen LogP contribution in [0.2, 0.25) is 0 Å². The lowest BCUT2D eigenvalue weighted by atomic mass is 10.1. The molecule has 0 atom stereocenters. The third-order valence-electron chi connectivity index (χ3n) is 4.63. The fraction of sp³-hybridized carbons (Fsp3) is 0.556. The first kappa shape index (κ1) is 19.8. The van der Waals surface area contributed by atoms with Crippen molar-refractivity contribution in [2.75, 3.05) is 26.2 Å². The van der Waals surface area contributed by atoms with Gasteiger partial charge in [0.1, 0.15) is 11.5 Å².